The van der Waals surface area contributed by atoms with Gasteiger partial charge in [-0.05, 0) is 82.7 Å². The van der Waals surface area contributed by atoms with Crippen LogP contribution in [0.5, 0.6) is 0 Å². The Morgan fingerprint density at radius 2 is 0.875 bits per heavy atom. The summed E-state index contributed by atoms with van der Waals surface area (Å²) in [6.45, 7) is 14.0. The van der Waals surface area contributed by atoms with E-state index in [0.717, 1.165) is 24.2 Å². The van der Waals surface area contributed by atoms with Crippen molar-refractivity contribution in [2.75, 3.05) is 31.6 Å². The molecule has 0 heterocycles. The maximum atomic E-state index is 2.50. The van der Waals surface area contributed by atoms with E-state index in [1.54, 1.807) is 19.3 Å². The molecule has 3 atom stereocenters. The number of allylic oxidation sites excluding steroid dienone is 4. The normalized spacial score (nSPS) is 16.0. The average molecular weight is 821 g/mol. The molecule has 1 aliphatic carbocycles. The molecular weight excluding hydrogens is 715 g/mol. The first-order valence-corrected chi connectivity index (χ1v) is 28.3. The monoisotopic (exact) mass is 820 g/mol. The summed E-state index contributed by atoms with van der Waals surface area (Å²) in [5, 5.41) is 0. The van der Waals surface area contributed by atoms with Gasteiger partial charge < -0.3 is 4.90 Å². The highest BCUT2D eigenvalue weighted by atomic mass is 33.1. The molecule has 1 saturated carbocycles. The van der Waals surface area contributed by atoms with Gasteiger partial charge in [0.15, 0.2) is 0 Å². The molecule has 334 valence electrons. The molecule has 1 rings (SSSR count). The summed E-state index contributed by atoms with van der Waals surface area (Å²) in [5.74, 6) is 5.86. The van der Waals surface area contributed by atoms with E-state index >= 15 is 0 Å². The third kappa shape index (κ3) is 43.7. The van der Waals surface area contributed by atoms with Crippen LogP contribution in [0.3, 0.4) is 0 Å². The quantitative estimate of drug-likeness (QED) is 0.0342. The van der Waals surface area contributed by atoms with Gasteiger partial charge in [0.05, 0.1) is 0 Å². The van der Waals surface area contributed by atoms with Crippen molar-refractivity contribution in [1.82, 2.24) is 4.90 Å². The van der Waals surface area contributed by atoms with E-state index in [1.807, 2.05) is 21.6 Å². The van der Waals surface area contributed by atoms with Crippen molar-refractivity contribution in [3.05, 3.63) is 24.3 Å². The molecule has 1 nitrogen and oxygen atoms in total. The predicted octanol–water partition coefficient (Wildman–Crippen LogP) is 19.4. The standard InChI is InChI=1S/C29H58.C24H47NS2/c1-4-7-9-11-12-14-17-22-27(21-6-3)23-18-15-13-16-20-25-29-26-28(29)24-19-10-8-5-2;1-4-6-7-8-9-10-11-12-13-14-15-16-17-18-19-20-21-25(3)22-24-27-26-23-5-2/h27-29H,4-26H2,1-3H3;9-10,12-13H,4-8,11,14-24H2,1-3H3/b;10-9-,13-12-. The minimum absolute atomic E-state index is 1.04. The molecule has 0 aromatic carbocycles. The Morgan fingerprint density at radius 1 is 0.429 bits per heavy atom. The minimum atomic E-state index is 1.04. The highest BCUT2D eigenvalue weighted by molar-refractivity contribution is 8.76. The lowest BCUT2D eigenvalue weighted by molar-refractivity contribution is 0.343. The predicted molar refractivity (Wildman–Crippen MR) is 266 cm³/mol. The second-order valence-electron chi connectivity index (χ2n) is 18.0. The first-order valence-electron chi connectivity index (χ1n) is 25.8. The maximum Gasteiger partial charge on any atom is 0.0165 e. The second-order valence-corrected chi connectivity index (χ2v) is 20.7. The number of hydrogen-bond donors (Lipinski definition) is 0. The van der Waals surface area contributed by atoms with Gasteiger partial charge in [0, 0.05) is 18.1 Å². The summed E-state index contributed by atoms with van der Waals surface area (Å²) >= 11 is 0. The molecule has 0 N–H and O–H groups in total. The highest BCUT2D eigenvalue weighted by Crippen LogP contribution is 2.45. The van der Waals surface area contributed by atoms with Crippen LogP contribution in [0, 0.1) is 17.8 Å². The lowest BCUT2D eigenvalue weighted by atomic mass is 9.90. The molecule has 3 heteroatoms. The zero-order chi connectivity index (χ0) is 40.8. The van der Waals surface area contributed by atoms with E-state index in [4.69, 9.17) is 0 Å². The summed E-state index contributed by atoms with van der Waals surface area (Å²) in [5.41, 5.74) is 0. The van der Waals surface area contributed by atoms with Gasteiger partial charge in [-0.3, -0.25) is 0 Å². The fourth-order valence-corrected chi connectivity index (χ4v) is 10.5. The largest absolute Gasteiger partial charge is 0.306 e. The van der Waals surface area contributed by atoms with Crippen molar-refractivity contribution in [1.29, 1.82) is 0 Å². The van der Waals surface area contributed by atoms with Gasteiger partial charge in [-0.25, -0.2) is 0 Å². The van der Waals surface area contributed by atoms with Crippen LogP contribution in [0.2, 0.25) is 0 Å². The van der Waals surface area contributed by atoms with Crippen LogP contribution in [0.25, 0.3) is 0 Å². The van der Waals surface area contributed by atoms with Crippen LogP contribution < -0.4 is 0 Å². The maximum absolute atomic E-state index is 2.50. The van der Waals surface area contributed by atoms with Crippen LogP contribution in [0.1, 0.15) is 266 Å². The van der Waals surface area contributed by atoms with Crippen molar-refractivity contribution < 1.29 is 0 Å². The zero-order valence-corrected chi connectivity index (χ0v) is 41.2. The van der Waals surface area contributed by atoms with Crippen molar-refractivity contribution in [2.24, 2.45) is 17.8 Å². The highest BCUT2D eigenvalue weighted by Gasteiger charge is 2.35. The van der Waals surface area contributed by atoms with Gasteiger partial charge in [-0.15, -0.1) is 0 Å². The molecule has 1 fully saturated rings. The Labute approximate surface area is 364 Å². The van der Waals surface area contributed by atoms with Crippen LogP contribution in [-0.4, -0.2) is 36.5 Å². The molecule has 0 amide bonds. The summed E-state index contributed by atoms with van der Waals surface area (Å²) in [4.78, 5) is 2.50. The summed E-state index contributed by atoms with van der Waals surface area (Å²) in [6, 6.07) is 0. The number of hydrogen-bond acceptors (Lipinski definition) is 3. The number of nitrogens with zero attached hydrogens (tertiary/aromatic N) is 1. The van der Waals surface area contributed by atoms with Gasteiger partial charge in [0.2, 0.25) is 0 Å². The molecule has 0 aliphatic heterocycles. The molecular formula is C53H105NS2. The topological polar surface area (TPSA) is 3.24 Å². The summed E-state index contributed by atoms with van der Waals surface area (Å²) in [7, 11) is 6.34. The Bertz CT molecular complexity index is 780. The van der Waals surface area contributed by atoms with E-state index in [0.29, 0.717) is 0 Å². The first kappa shape index (κ1) is 56.1. The molecule has 0 aromatic rings. The van der Waals surface area contributed by atoms with Gasteiger partial charge in [-0.2, -0.15) is 0 Å². The zero-order valence-electron chi connectivity index (χ0n) is 39.6. The van der Waals surface area contributed by atoms with Gasteiger partial charge in [0.1, 0.15) is 0 Å². The second kappa shape index (κ2) is 47.8. The fourth-order valence-electron chi connectivity index (χ4n) is 8.33. The molecule has 1 aliphatic rings. The van der Waals surface area contributed by atoms with E-state index in [1.165, 1.54) is 230 Å². The minimum Gasteiger partial charge on any atom is -0.306 e. The SMILES string of the molecule is CCCCC/C=C\C/C=C\CCCCCCCCN(C)CCSSCCC.CCCCCCCCCC(CCC)CCCCCCCC1CC1CCCCCC. The number of unbranched alkanes of at least 4 members (excludes halogenated alkanes) is 22. The molecule has 56 heavy (non-hydrogen) atoms. The Morgan fingerprint density at radius 3 is 1.43 bits per heavy atom. The Balaban J connectivity index is 0.00000108. The third-order valence-electron chi connectivity index (χ3n) is 12.3. The molecule has 0 saturated heterocycles. The fraction of sp³-hybridized carbons (Fsp3) is 0.925. The van der Waals surface area contributed by atoms with E-state index < -0.39 is 0 Å². The van der Waals surface area contributed by atoms with Crippen molar-refractivity contribution >= 4 is 21.6 Å². The van der Waals surface area contributed by atoms with Gasteiger partial charge >= 0.3 is 0 Å². The molecule has 0 spiro atoms. The smallest absolute Gasteiger partial charge is 0.0165 e. The van der Waals surface area contributed by atoms with E-state index in [2.05, 4.69) is 70.9 Å². The van der Waals surface area contributed by atoms with Crippen molar-refractivity contribution in [3.8, 4) is 0 Å². The van der Waals surface area contributed by atoms with Crippen molar-refractivity contribution in [2.45, 2.75) is 266 Å². The van der Waals surface area contributed by atoms with Gasteiger partial charge in [0.25, 0.3) is 0 Å². The summed E-state index contributed by atoms with van der Waals surface area (Å²) < 4.78 is 0. The van der Waals surface area contributed by atoms with Crippen LogP contribution in [-0.2, 0) is 0 Å². The van der Waals surface area contributed by atoms with Gasteiger partial charge in [-0.1, -0.05) is 260 Å². The van der Waals surface area contributed by atoms with Crippen LogP contribution in [0.15, 0.2) is 24.3 Å². The third-order valence-corrected chi connectivity index (χ3v) is 14.9. The van der Waals surface area contributed by atoms with Crippen LogP contribution >= 0.6 is 21.6 Å². The first-order chi connectivity index (χ1) is 27.6. The van der Waals surface area contributed by atoms with E-state index in [9.17, 15) is 0 Å². The Hall–Kier alpha value is 0.140. The molecule has 3 unspecified atom stereocenters. The molecule has 0 aromatic heterocycles. The van der Waals surface area contributed by atoms with Crippen molar-refractivity contribution in [3.63, 3.8) is 0 Å². The number of rotatable bonds is 44. The van der Waals surface area contributed by atoms with E-state index in [-0.39, 0.29) is 0 Å². The Kier molecular flexibility index (Phi) is 47.9. The molecule has 0 bridgehead atoms. The molecule has 0 radical (unpaired) electrons. The lowest BCUT2D eigenvalue weighted by Crippen LogP contribution is -2.22. The average Bonchev–Trinajstić information content (AvgIpc) is 3.96. The van der Waals surface area contributed by atoms with Crippen LogP contribution in [0.4, 0.5) is 0 Å². The summed E-state index contributed by atoms with van der Waals surface area (Å²) in [6.07, 6.45) is 60.9. The lowest BCUT2D eigenvalue weighted by Gasteiger charge is -2.16.